The van der Waals surface area contributed by atoms with Crippen LogP contribution < -0.4 is 0 Å². The molecule has 0 N–H and O–H groups in total. The highest BCUT2D eigenvalue weighted by Crippen LogP contribution is 2.42. The van der Waals surface area contributed by atoms with Gasteiger partial charge in [-0.2, -0.15) is 0 Å². The minimum absolute atomic E-state index is 0.400. The zero-order chi connectivity index (χ0) is 40.2. The van der Waals surface area contributed by atoms with E-state index in [0.29, 0.717) is 11.1 Å². The summed E-state index contributed by atoms with van der Waals surface area (Å²) < 4.78 is 0. The van der Waals surface area contributed by atoms with E-state index in [2.05, 4.69) is 183 Å². The summed E-state index contributed by atoms with van der Waals surface area (Å²) >= 11 is 0. The number of hydrogen-bond donors (Lipinski definition) is 0. The van der Waals surface area contributed by atoms with Crippen molar-refractivity contribution in [2.45, 2.75) is 120 Å². The lowest BCUT2D eigenvalue weighted by Crippen LogP contribution is -2.37. The lowest BCUT2D eigenvalue weighted by molar-refractivity contribution is 1.01. The first kappa shape index (κ1) is 40.8. The van der Waals surface area contributed by atoms with Crippen LogP contribution in [0.4, 0.5) is 0 Å². The summed E-state index contributed by atoms with van der Waals surface area (Å²) in [5.41, 5.74) is 21.8. The van der Waals surface area contributed by atoms with Crippen LogP contribution >= 0.6 is 0 Å². The molecule has 2 atom stereocenters. The van der Waals surface area contributed by atoms with Crippen molar-refractivity contribution in [2.24, 2.45) is 0 Å². The second-order valence-electron chi connectivity index (χ2n) is 16.9. The second-order valence-corrected chi connectivity index (χ2v) is 26.2. The summed E-state index contributed by atoms with van der Waals surface area (Å²) in [5, 5.41) is 12.3. The molecule has 54 heavy (non-hydrogen) atoms. The molecule has 2 heteroatoms. The van der Waals surface area contributed by atoms with Crippen molar-refractivity contribution in [1.82, 2.24) is 0 Å². The molecule has 0 saturated carbocycles. The number of rotatable bonds is 8. The summed E-state index contributed by atoms with van der Waals surface area (Å²) in [6, 6.07) is 11.5. The van der Waals surface area contributed by atoms with Crippen LogP contribution in [0.2, 0.25) is 23.2 Å². The minimum Gasteiger partial charge on any atom is -0.120 e. The van der Waals surface area contributed by atoms with Gasteiger partial charge in [0.15, 0.2) is 16.1 Å². The average molecular weight is 743 g/mol. The van der Waals surface area contributed by atoms with Crippen molar-refractivity contribution in [1.29, 1.82) is 0 Å². The van der Waals surface area contributed by atoms with Crippen molar-refractivity contribution in [3.63, 3.8) is 0 Å². The van der Waals surface area contributed by atoms with Gasteiger partial charge >= 0.3 is 0 Å². The van der Waals surface area contributed by atoms with Crippen LogP contribution in [0, 0.1) is 78.3 Å². The van der Waals surface area contributed by atoms with Crippen molar-refractivity contribution < 1.29 is 0 Å². The molecule has 5 rings (SSSR count). The second kappa shape index (κ2) is 15.1. The van der Waals surface area contributed by atoms with E-state index in [9.17, 15) is 0 Å². The Morgan fingerprint density at radius 3 is 0.907 bits per heavy atom. The quantitative estimate of drug-likeness (QED) is 0.0643. The van der Waals surface area contributed by atoms with E-state index in [1.165, 1.54) is 98.0 Å². The largest absolute Gasteiger partial charge is 0.170 e. The summed E-state index contributed by atoms with van der Waals surface area (Å²) in [5.74, 6) is 7.92. The fraction of sp³-hybridized carbons (Fsp3) is 0.346. The highest BCUT2D eigenvalue weighted by atomic mass is 28.3. The van der Waals surface area contributed by atoms with Crippen LogP contribution in [0.25, 0.3) is 43.1 Å². The first-order chi connectivity index (χ1) is 25.3. The van der Waals surface area contributed by atoms with E-state index in [4.69, 9.17) is 0 Å². The molecule has 0 saturated heterocycles. The molecule has 5 aromatic rings. The Morgan fingerprint density at radius 2 is 0.722 bits per heavy atom. The molecule has 0 aliphatic heterocycles. The Balaban J connectivity index is 2.19. The fourth-order valence-corrected chi connectivity index (χ4v) is 15.4. The normalized spacial score (nSPS) is 13.8. The van der Waals surface area contributed by atoms with Crippen molar-refractivity contribution in [3.8, 4) is 22.9 Å². The van der Waals surface area contributed by atoms with Gasteiger partial charge in [-0.15, -0.1) is 37.4 Å². The summed E-state index contributed by atoms with van der Waals surface area (Å²) in [4.78, 5) is 0. The molecule has 0 fully saturated rings. The molecular weight excluding hydrogens is 681 g/mol. The first-order valence-corrected chi connectivity index (χ1v) is 24.3. The maximum Gasteiger partial charge on any atom is 0.170 e. The molecule has 278 valence electrons. The van der Waals surface area contributed by atoms with Crippen molar-refractivity contribution in [2.75, 3.05) is 0 Å². The standard InChI is InChI=1S/C52H62Si2/c1-19-23-53(31(3)4,32(5)6)25-21-43-49-27-45-39(15)35(11)37(13)41(17)47(45)29-51(49)44(22-26-54(24-20-2,33(7)8)34(9)10)52-30-48-42(18)38(14)36(12)40(16)46(48)28-50(43)52/h19-20,27-30,32,34H,1-3,7,23-24H2,4-6,8-18H3. The molecule has 0 aliphatic carbocycles. The summed E-state index contributed by atoms with van der Waals surface area (Å²) in [6.07, 6.45) is 4.13. The molecule has 0 amide bonds. The monoisotopic (exact) mass is 742 g/mol. The van der Waals surface area contributed by atoms with Crippen molar-refractivity contribution >= 4 is 59.2 Å². The van der Waals surface area contributed by atoms with Crippen LogP contribution in [-0.2, 0) is 0 Å². The number of benzene rings is 5. The molecule has 0 bridgehead atoms. The van der Waals surface area contributed by atoms with Gasteiger partial charge in [0.05, 0.1) is 0 Å². The lowest BCUT2D eigenvalue weighted by Gasteiger charge is -2.30. The van der Waals surface area contributed by atoms with Crippen LogP contribution in [0.1, 0.15) is 97.2 Å². The van der Waals surface area contributed by atoms with Gasteiger partial charge in [0, 0.05) is 11.1 Å². The Labute approximate surface area is 329 Å². The third kappa shape index (κ3) is 6.37. The topological polar surface area (TPSA) is 0 Å². The fourth-order valence-electron chi connectivity index (χ4n) is 8.97. The van der Waals surface area contributed by atoms with E-state index < -0.39 is 16.1 Å². The SMILES string of the molecule is C=CC[Si](C#Cc1c2cc3c(C)c(C)c(C)c(C)c3cc2c(C#C[Si](CC=C)(C(=C)C)C(C)C)c2cc3c(C)c(C)c(C)c(C)c3cc12)(C(=C)C)C(C)C. The third-order valence-electron chi connectivity index (χ3n) is 13.6. The lowest BCUT2D eigenvalue weighted by atomic mass is 9.84. The summed E-state index contributed by atoms with van der Waals surface area (Å²) in [7, 11) is -4.58. The molecule has 0 spiro atoms. The van der Waals surface area contributed by atoms with Gasteiger partial charge in [0.2, 0.25) is 0 Å². The first-order valence-electron chi connectivity index (χ1n) is 19.7. The molecule has 0 heterocycles. The smallest absolute Gasteiger partial charge is 0.120 e. The molecule has 0 aromatic heterocycles. The minimum atomic E-state index is -2.29. The van der Waals surface area contributed by atoms with Gasteiger partial charge < -0.3 is 0 Å². The highest BCUT2D eigenvalue weighted by Gasteiger charge is 2.36. The van der Waals surface area contributed by atoms with Gasteiger partial charge in [-0.1, -0.05) is 62.1 Å². The summed E-state index contributed by atoms with van der Waals surface area (Å²) in [6.45, 7) is 49.3. The zero-order valence-corrected chi connectivity index (χ0v) is 37.9. The Morgan fingerprint density at radius 1 is 0.481 bits per heavy atom. The number of allylic oxidation sites excluding steroid dienone is 4. The Hall–Kier alpha value is -4.35. The van der Waals surface area contributed by atoms with Crippen molar-refractivity contribution in [3.05, 3.63) is 129 Å². The number of hydrogen-bond acceptors (Lipinski definition) is 0. The average Bonchev–Trinajstić information content (AvgIpc) is 3.13. The van der Waals surface area contributed by atoms with E-state index in [-0.39, 0.29) is 0 Å². The van der Waals surface area contributed by atoms with Gasteiger partial charge in [0.25, 0.3) is 0 Å². The zero-order valence-electron chi connectivity index (χ0n) is 35.9. The van der Waals surface area contributed by atoms with Crippen LogP contribution in [0.15, 0.2) is 73.1 Å². The van der Waals surface area contributed by atoms with Crippen LogP contribution in [0.3, 0.4) is 0 Å². The number of fused-ring (bicyclic) bond motifs is 4. The van der Waals surface area contributed by atoms with E-state index in [1.54, 1.807) is 0 Å². The van der Waals surface area contributed by atoms with E-state index in [1.807, 2.05) is 0 Å². The van der Waals surface area contributed by atoms with Crippen LogP contribution in [0.5, 0.6) is 0 Å². The predicted octanol–water partition coefficient (Wildman–Crippen LogP) is 14.9. The van der Waals surface area contributed by atoms with E-state index >= 15 is 0 Å². The molecule has 0 nitrogen and oxygen atoms in total. The van der Waals surface area contributed by atoms with Gasteiger partial charge in [-0.05, 0) is 204 Å². The number of aryl methyl sites for hydroxylation is 4. The maximum atomic E-state index is 4.55. The van der Waals surface area contributed by atoms with Gasteiger partial charge in [-0.25, -0.2) is 0 Å². The van der Waals surface area contributed by atoms with Gasteiger partial charge in [0.1, 0.15) is 0 Å². The molecule has 5 aromatic carbocycles. The Kier molecular flexibility index (Phi) is 11.4. The third-order valence-corrected chi connectivity index (χ3v) is 23.6. The molecular formula is C52H62Si2. The molecule has 0 aliphatic rings. The molecule has 2 unspecified atom stereocenters. The maximum absolute atomic E-state index is 4.55. The van der Waals surface area contributed by atoms with Crippen LogP contribution in [-0.4, -0.2) is 16.1 Å². The Bertz CT molecular complexity index is 2280. The van der Waals surface area contributed by atoms with E-state index in [0.717, 1.165) is 23.2 Å². The highest BCUT2D eigenvalue weighted by molar-refractivity contribution is 6.95. The molecule has 0 radical (unpaired) electrons. The van der Waals surface area contributed by atoms with Gasteiger partial charge in [-0.3, -0.25) is 0 Å². The predicted molar refractivity (Wildman–Crippen MR) is 249 cm³/mol.